The third kappa shape index (κ3) is 3.51. The molecule has 0 spiro atoms. The first kappa shape index (κ1) is 19.2. The van der Waals surface area contributed by atoms with Crippen LogP contribution < -0.4 is 15.4 Å². The third-order valence-electron chi connectivity index (χ3n) is 4.96. The molecule has 3 heterocycles. The van der Waals surface area contributed by atoms with Crippen LogP contribution >= 0.6 is 11.8 Å². The van der Waals surface area contributed by atoms with Crippen LogP contribution in [0.25, 0.3) is 5.78 Å². The van der Waals surface area contributed by atoms with Crippen molar-refractivity contribution in [3.05, 3.63) is 41.2 Å². The molecular weight excluding hydrogens is 392 g/mol. The fourth-order valence-corrected chi connectivity index (χ4v) is 3.82. The van der Waals surface area contributed by atoms with Crippen molar-refractivity contribution in [3.63, 3.8) is 0 Å². The normalized spacial score (nSPS) is 15.8. The van der Waals surface area contributed by atoms with E-state index in [-0.39, 0.29) is 18.2 Å². The molecule has 0 saturated carbocycles. The van der Waals surface area contributed by atoms with Crippen LogP contribution in [0.1, 0.15) is 17.0 Å². The average molecular weight is 412 g/mol. The maximum Gasteiger partial charge on any atom is 0.260 e. The molecule has 1 aliphatic heterocycles. The Bertz CT molecular complexity index is 1130. The number of hydrogen-bond donors (Lipinski definition) is 1. The van der Waals surface area contributed by atoms with Crippen LogP contribution in [0, 0.1) is 20.8 Å². The summed E-state index contributed by atoms with van der Waals surface area (Å²) in [5.41, 5.74) is 8.93. The number of carbonyl (C=O) groups excluding carboxylic acids is 2. The van der Waals surface area contributed by atoms with E-state index in [0.717, 1.165) is 17.0 Å². The average Bonchev–Trinajstić information content (AvgIpc) is 3.12. The topological polar surface area (TPSA) is 116 Å². The standard InChI is InChI=1S/C19H20N6O3S/c1-10-11(2)21-18-22-19(23-25(18)12(10)3)29-9-16(26)24-8-15(17(20)27)28-14-7-5-4-6-13(14)24/h4-7,15H,8-9H2,1-3H3,(H2,20,27). The first-order valence-corrected chi connectivity index (χ1v) is 10.0. The van der Waals surface area contributed by atoms with Crippen molar-refractivity contribution >= 4 is 35.0 Å². The molecule has 2 amide bonds. The Kier molecular flexibility index (Phi) is 4.87. The molecule has 0 radical (unpaired) electrons. The van der Waals surface area contributed by atoms with Gasteiger partial charge in [0, 0.05) is 11.4 Å². The molecule has 3 aromatic rings. The lowest BCUT2D eigenvalue weighted by molar-refractivity contribution is -0.125. The lowest BCUT2D eigenvalue weighted by Crippen LogP contribution is -2.49. The van der Waals surface area contributed by atoms with Crippen LogP contribution in [0.15, 0.2) is 29.4 Å². The highest BCUT2D eigenvalue weighted by molar-refractivity contribution is 7.99. The molecule has 0 fully saturated rings. The second kappa shape index (κ2) is 7.36. The Labute approximate surface area is 171 Å². The van der Waals surface area contributed by atoms with Crippen molar-refractivity contribution in [1.82, 2.24) is 19.6 Å². The molecule has 1 atom stereocenters. The Morgan fingerprint density at radius 2 is 2.00 bits per heavy atom. The van der Waals surface area contributed by atoms with E-state index >= 15 is 0 Å². The number of nitrogens with zero attached hydrogens (tertiary/aromatic N) is 5. The zero-order valence-electron chi connectivity index (χ0n) is 16.2. The molecule has 150 valence electrons. The maximum atomic E-state index is 12.9. The summed E-state index contributed by atoms with van der Waals surface area (Å²) in [5.74, 6) is 0.268. The molecule has 0 saturated heterocycles. The summed E-state index contributed by atoms with van der Waals surface area (Å²) in [6.45, 7) is 5.95. The maximum absolute atomic E-state index is 12.9. The molecule has 2 aromatic heterocycles. The van der Waals surface area contributed by atoms with E-state index in [1.54, 1.807) is 22.7 Å². The molecule has 9 nitrogen and oxygen atoms in total. The number of para-hydroxylation sites is 2. The molecular formula is C19H20N6O3S. The second-order valence-corrected chi connectivity index (χ2v) is 7.73. The van der Waals surface area contributed by atoms with Gasteiger partial charge in [-0.25, -0.2) is 9.50 Å². The molecule has 29 heavy (non-hydrogen) atoms. The lowest BCUT2D eigenvalue weighted by Gasteiger charge is -2.33. The smallest absolute Gasteiger partial charge is 0.260 e. The van der Waals surface area contributed by atoms with Gasteiger partial charge in [0.25, 0.3) is 11.7 Å². The van der Waals surface area contributed by atoms with Crippen molar-refractivity contribution in [2.24, 2.45) is 5.73 Å². The molecule has 2 N–H and O–H groups in total. The number of ether oxygens (including phenoxy) is 1. The largest absolute Gasteiger partial charge is 0.477 e. The number of rotatable bonds is 4. The van der Waals surface area contributed by atoms with Crippen LogP contribution in [0.5, 0.6) is 5.75 Å². The van der Waals surface area contributed by atoms with Crippen LogP contribution in [-0.2, 0) is 9.59 Å². The summed E-state index contributed by atoms with van der Waals surface area (Å²) < 4.78 is 7.28. The van der Waals surface area contributed by atoms with Gasteiger partial charge >= 0.3 is 0 Å². The quantitative estimate of drug-likeness (QED) is 0.644. The van der Waals surface area contributed by atoms with Crippen LogP contribution in [0.2, 0.25) is 0 Å². The van der Waals surface area contributed by atoms with E-state index in [1.165, 1.54) is 16.7 Å². The third-order valence-corrected chi connectivity index (χ3v) is 5.78. The van der Waals surface area contributed by atoms with Gasteiger partial charge in [0.1, 0.15) is 5.75 Å². The Morgan fingerprint density at radius 1 is 1.24 bits per heavy atom. The van der Waals surface area contributed by atoms with Gasteiger partial charge in [-0.05, 0) is 38.5 Å². The van der Waals surface area contributed by atoms with Crippen molar-refractivity contribution in [2.75, 3.05) is 17.2 Å². The second-order valence-electron chi connectivity index (χ2n) is 6.78. The summed E-state index contributed by atoms with van der Waals surface area (Å²) in [5, 5.41) is 4.92. The van der Waals surface area contributed by atoms with E-state index in [2.05, 4.69) is 15.1 Å². The number of benzene rings is 1. The minimum Gasteiger partial charge on any atom is -0.477 e. The number of fused-ring (bicyclic) bond motifs is 2. The number of primary amides is 1. The highest BCUT2D eigenvalue weighted by atomic mass is 32.2. The Morgan fingerprint density at radius 3 is 2.76 bits per heavy atom. The van der Waals surface area contributed by atoms with Crippen molar-refractivity contribution < 1.29 is 14.3 Å². The number of thioether (sulfide) groups is 1. The van der Waals surface area contributed by atoms with Gasteiger partial charge < -0.3 is 15.4 Å². The van der Waals surface area contributed by atoms with E-state index < -0.39 is 12.0 Å². The summed E-state index contributed by atoms with van der Waals surface area (Å²) in [6.07, 6.45) is -0.884. The van der Waals surface area contributed by atoms with Gasteiger partial charge in [-0.1, -0.05) is 23.9 Å². The minimum absolute atomic E-state index is 0.0728. The number of anilines is 1. The van der Waals surface area contributed by atoms with E-state index in [9.17, 15) is 9.59 Å². The van der Waals surface area contributed by atoms with Gasteiger partial charge in [-0.2, -0.15) is 4.98 Å². The van der Waals surface area contributed by atoms with Crippen molar-refractivity contribution in [2.45, 2.75) is 32.0 Å². The molecule has 0 bridgehead atoms. The molecule has 0 aliphatic carbocycles. The van der Waals surface area contributed by atoms with E-state index in [1.807, 2.05) is 26.8 Å². The number of carbonyl (C=O) groups is 2. The van der Waals surface area contributed by atoms with Gasteiger partial charge in [-0.3, -0.25) is 9.59 Å². The number of aromatic nitrogens is 4. The molecule has 1 aromatic carbocycles. The van der Waals surface area contributed by atoms with Gasteiger partial charge in [0.05, 0.1) is 18.0 Å². The number of nitrogens with two attached hydrogens (primary N) is 1. The summed E-state index contributed by atoms with van der Waals surface area (Å²) in [7, 11) is 0. The highest BCUT2D eigenvalue weighted by Gasteiger charge is 2.32. The number of amides is 2. The molecule has 4 rings (SSSR count). The van der Waals surface area contributed by atoms with Crippen LogP contribution in [0.3, 0.4) is 0 Å². The summed E-state index contributed by atoms with van der Waals surface area (Å²) in [4.78, 5) is 34.9. The van der Waals surface area contributed by atoms with Gasteiger partial charge in [0.2, 0.25) is 11.1 Å². The SMILES string of the molecule is Cc1nc2nc(SCC(=O)N3CC(C(N)=O)Oc4ccccc43)nn2c(C)c1C. The fraction of sp³-hybridized carbons (Fsp3) is 0.316. The minimum atomic E-state index is -0.884. The van der Waals surface area contributed by atoms with Crippen LogP contribution in [-0.4, -0.2) is 49.8 Å². The van der Waals surface area contributed by atoms with Crippen molar-refractivity contribution in [3.8, 4) is 5.75 Å². The van der Waals surface area contributed by atoms with E-state index in [4.69, 9.17) is 10.5 Å². The Hall–Kier alpha value is -3.14. The van der Waals surface area contributed by atoms with Gasteiger partial charge in [0.15, 0.2) is 6.10 Å². The highest BCUT2D eigenvalue weighted by Crippen LogP contribution is 2.33. The zero-order valence-corrected chi connectivity index (χ0v) is 17.1. The first-order valence-electron chi connectivity index (χ1n) is 9.04. The fourth-order valence-electron chi connectivity index (χ4n) is 3.12. The summed E-state index contributed by atoms with van der Waals surface area (Å²) >= 11 is 1.22. The van der Waals surface area contributed by atoms with E-state index in [0.29, 0.717) is 22.4 Å². The molecule has 10 heteroatoms. The van der Waals surface area contributed by atoms with Gasteiger partial charge in [-0.15, -0.1) is 5.10 Å². The van der Waals surface area contributed by atoms with Crippen LogP contribution in [0.4, 0.5) is 5.69 Å². The monoisotopic (exact) mass is 412 g/mol. The number of hydrogen-bond acceptors (Lipinski definition) is 7. The summed E-state index contributed by atoms with van der Waals surface area (Å²) in [6, 6.07) is 7.07. The van der Waals surface area contributed by atoms with Crippen molar-refractivity contribution in [1.29, 1.82) is 0 Å². The Balaban J connectivity index is 1.54. The predicted octanol–water partition coefficient (Wildman–Crippen LogP) is 1.42. The molecule has 1 aliphatic rings. The lowest BCUT2D eigenvalue weighted by atomic mass is 10.2. The zero-order chi connectivity index (χ0) is 20.7. The number of aryl methyl sites for hydroxylation is 2. The first-order chi connectivity index (χ1) is 13.8. The molecule has 1 unspecified atom stereocenters. The predicted molar refractivity (Wildman–Crippen MR) is 108 cm³/mol.